The number of sulfonamides is 1. The predicted octanol–water partition coefficient (Wildman–Crippen LogP) is 3.41. The lowest BCUT2D eigenvalue weighted by Gasteiger charge is -2.10. The van der Waals surface area contributed by atoms with Crippen molar-refractivity contribution < 1.29 is 17.9 Å². The summed E-state index contributed by atoms with van der Waals surface area (Å²) in [4.78, 5) is 12.4. The predicted molar refractivity (Wildman–Crippen MR) is 120 cm³/mol. The molecule has 1 aromatic heterocycles. The van der Waals surface area contributed by atoms with Crippen LogP contribution in [0.25, 0.3) is 0 Å². The summed E-state index contributed by atoms with van der Waals surface area (Å²) in [6, 6.07) is 14.8. The summed E-state index contributed by atoms with van der Waals surface area (Å²) in [6.45, 7) is 4.56. The maximum atomic E-state index is 12.5. The van der Waals surface area contributed by atoms with E-state index in [1.807, 2.05) is 50.2 Å². The molecule has 0 unspecified atom stereocenters. The molecular weight excluding hydrogens is 436 g/mol. The zero-order valence-electron chi connectivity index (χ0n) is 17.3. The summed E-state index contributed by atoms with van der Waals surface area (Å²) in [5.41, 5.74) is 2.33. The van der Waals surface area contributed by atoms with Crippen LogP contribution in [-0.2, 0) is 16.4 Å². The van der Waals surface area contributed by atoms with Gasteiger partial charge in [0.1, 0.15) is 5.75 Å². The molecule has 2 aromatic carbocycles. The van der Waals surface area contributed by atoms with Gasteiger partial charge in [0.25, 0.3) is 15.9 Å². The molecule has 3 aromatic rings. The summed E-state index contributed by atoms with van der Waals surface area (Å²) >= 11 is 0.808. The maximum Gasteiger partial charge on any atom is 0.269 e. The molecule has 0 fully saturated rings. The Kier molecular flexibility index (Phi) is 7.72. The Balaban J connectivity index is 1.55. The molecule has 0 saturated carbocycles. The first-order valence-corrected chi connectivity index (χ1v) is 12.1. The number of aromatic nitrogens is 2. The van der Waals surface area contributed by atoms with Gasteiger partial charge in [-0.2, -0.15) is 0 Å². The van der Waals surface area contributed by atoms with Gasteiger partial charge in [-0.05, 0) is 49.9 Å². The summed E-state index contributed by atoms with van der Waals surface area (Å²) in [7, 11) is -3.81. The number of hydrogen-bond acceptors (Lipinski definition) is 7. The lowest BCUT2D eigenvalue weighted by molar-refractivity contribution is 0.102. The van der Waals surface area contributed by atoms with Gasteiger partial charge >= 0.3 is 0 Å². The van der Waals surface area contributed by atoms with E-state index in [-0.39, 0.29) is 21.9 Å². The molecule has 0 bridgehead atoms. The SMILES string of the molecule is CCOc1ccccc1CCCNS(=O)(=O)c1nnc(NC(=O)c2ccccc2C)s1. The molecule has 0 aliphatic carbocycles. The highest BCUT2D eigenvalue weighted by Gasteiger charge is 2.21. The average molecular weight is 461 g/mol. The van der Waals surface area contributed by atoms with Crippen LogP contribution in [0.15, 0.2) is 52.9 Å². The summed E-state index contributed by atoms with van der Waals surface area (Å²) in [5, 5.41) is 10.2. The molecule has 0 atom stereocenters. The Labute approximate surface area is 185 Å². The number of ether oxygens (including phenoxy) is 1. The highest BCUT2D eigenvalue weighted by molar-refractivity contribution is 7.91. The van der Waals surface area contributed by atoms with E-state index < -0.39 is 10.0 Å². The lowest BCUT2D eigenvalue weighted by atomic mass is 10.1. The van der Waals surface area contributed by atoms with Crippen molar-refractivity contribution in [2.45, 2.75) is 31.0 Å². The van der Waals surface area contributed by atoms with Crippen molar-refractivity contribution in [1.82, 2.24) is 14.9 Å². The molecule has 0 spiro atoms. The molecule has 0 aliphatic heterocycles. The number of carbonyl (C=O) groups is 1. The smallest absolute Gasteiger partial charge is 0.269 e. The summed E-state index contributed by atoms with van der Waals surface area (Å²) < 4.78 is 32.9. The van der Waals surface area contributed by atoms with E-state index >= 15 is 0 Å². The summed E-state index contributed by atoms with van der Waals surface area (Å²) in [5.74, 6) is 0.449. The second-order valence-electron chi connectivity index (χ2n) is 6.68. The Morgan fingerprint density at radius 2 is 1.84 bits per heavy atom. The van der Waals surface area contributed by atoms with E-state index in [0.717, 1.165) is 28.2 Å². The maximum absolute atomic E-state index is 12.5. The molecule has 1 heterocycles. The molecular formula is C21H24N4O4S2. The van der Waals surface area contributed by atoms with Gasteiger partial charge < -0.3 is 4.74 Å². The number of benzene rings is 2. The number of rotatable bonds is 10. The number of hydrogen-bond donors (Lipinski definition) is 2. The number of anilines is 1. The molecule has 1 amide bonds. The molecule has 31 heavy (non-hydrogen) atoms. The molecule has 164 valence electrons. The van der Waals surface area contributed by atoms with Gasteiger partial charge in [0.2, 0.25) is 9.47 Å². The van der Waals surface area contributed by atoms with Crippen molar-refractivity contribution in [3.05, 3.63) is 65.2 Å². The van der Waals surface area contributed by atoms with Crippen molar-refractivity contribution in [2.75, 3.05) is 18.5 Å². The van der Waals surface area contributed by atoms with Crippen molar-refractivity contribution >= 4 is 32.4 Å². The highest BCUT2D eigenvalue weighted by atomic mass is 32.2. The van der Waals surface area contributed by atoms with Gasteiger partial charge in [0, 0.05) is 12.1 Å². The molecule has 0 aliphatic rings. The largest absolute Gasteiger partial charge is 0.494 e. The normalized spacial score (nSPS) is 11.3. The number of nitrogens with one attached hydrogen (secondary N) is 2. The van der Waals surface area contributed by atoms with Crippen LogP contribution >= 0.6 is 11.3 Å². The monoisotopic (exact) mass is 460 g/mol. The van der Waals surface area contributed by atoms with Gasteiger partial charge in [-0.25, -0.2) is 13.1 Å². The molecule has 0 radical (unpaired) electrons. The van der Waals surface area contributed by atoms with Gasteiger partial charge in [-0.15, -0.1) is 10.2 Å². The van der Waals surface area contributed by atoms with Gasteiger partial charge in [0.15, 0.2) is 0 Å². The first kappa shape index (κ1) is 22.9. The van der Waals surface area contributed by atoms with E-state index in [9.17, 15) is 13.2 Å². The van der Waals surface area contributed by atoms with Crippen molar-refractivity contribution in [3.8, 4) is 5.75 Å². The van der Waals surface area contributed by atoms with Crippen LogP contribution in [0, 0.1) is 6.92 Å². The molecule has 2 N–H and O–H groups in total. The van der Waals surface area contributed by atoms with Crippen molar-refractivity contribution in [2.24, 2.45) is 0 Å². The fraction of sp³-hybridized carbons (Fsp3) is 0.286. The minimum Gasteiger partial charge on any atom is -0.494 e. The average Bonchev–Trinajstić information content (AvgIpc) is 3.22. The first-order chi connectivity index (χ1) is 14.9. The standard InChI is InChI=1S/C21H24N4O4S2/c1-3-29-18-13-7-5-10-16(18)11-8-14-22-31(27,28)21-25-24-20(30-21)23-19(26)17-12-6-4-9-15(17)2/h4-7,9-10,12-13,22H,3,8,11,14H2,1-2H3,(H,23,24,26). The lowest BCUT2D eigenvalue weighted by Crippen LogP contribution is -2.25. The third-order valence-electron chi connectivity index (χ3n) is 4.43. The van der Waals surface area contributed by atoms with E-state index in [1.54, 1.807) is 12.1 Å². The number of nitrogens with zero attached hydrogens (tertiary/aromatic N) is 2. The van der Waals surface area contributed by atoms with Crippen LogP contribution in [0.5, 0.6) is 5.75 Å². The van der Waals surface area contributed by atoms with E-state index in [1.165, 1.54) is 0 Å². The molecule has 3 rings (SSSR count). The minimum atomic E-state index is -3.81. The van der Waals surface area contributed by atoms with E-state index in [2.05, 4.69) is 20.2 Å². The number of aryl methyl sites for hydroxylation is 2. The zero-order chi connectivity index (χ0) is 22.3. The van der Waals surface area contributed by atoms with Crippen molar-refractivity contribution in [3.63, 3.8) is 0 Å². The van der Waals surface area contributed by atoms with E-state index in [0.29, 0.717) is 25.0 Å². The van der Waals surface area contributed by atoms with Gasteiger partial charge in [0.05, 0.1) is 6.61 Å². The van der Waals surface area contributed by atoms with Crippen LogP contribution in [0.4, 0.5) is 5.13 Å². The Hall–Kier alpha value is -2.82. The van der Waals surface area contributed by atoms with Crippen molar-refractivity contribution in [1.29, 1.82) is 0 Å². The Morgan fingerprint density at radius 3 is 2.61 bits per heavy atom. The second kappa shape index (κ2) is 10.5. The fourth-order valence-corrected chi connectivity index (χ4v) is 4.92. The second-order valence-corrected chi connectivity index (χ2v) is 9.60. The van der Waals surface area contributed by atoms with Crippen LogP contribution in [0.1, 0.15) is 34.8 Å². The van der Waals surface area contributed by atoms with Crippen LogP contribution in [-0.4, -0.2) is 37.7 Å². The highest BCUT2D eigenvalue weighted by Crippen LogP contribution is 2.22. The Morgan fingerprint density at radius 1 is 1.10 bits per heavy atom. The number of para-hydroxylation sites is 1. The zero-order valence-corrected chi connectivity index (χ0v) is 18.9. The minimum absolute atomic E-state index is 0.124. The summed E-state index contributed by atoms with van der Waals surface area (Å²) in [6.07, 6.45) is 1.27. The topological polar surface area (TPSA) is 110 Å². The fourth-order valence-electron chi connectivity index (χ4n) is 2.91. The van der Waals surface area contributed by atoms with Crippen LogP contribution < -0.4 is 14.8 Å². The molecule has 8 nitrogen and oxygen atoms in total. The number of amides is 1. The van der Waals surface area contributed by atoms with Gasteiger partial charge in [-0.3, -0.25) is 10.1 Å². The van der Waals surface area contributed by atoms with Crippen LogP contribution in [0.2, 0.25) is 0 Å². The van der Waals surface area contributed by atoms with Crippen LogP contribution in [0.3, 0.4) is 0 Å². The molecule has 10 heteroatoms. The first-order valence-electron chi connectivity index (χ1n) is 9.81. The van der Waals surface area contributed by atoms with Gasteiger partial charge in [-0.1, -0.05) is 47.7 Å². The third kappa shape index (κ3) is 6.09. The Bertz CT molecular complexity index is 1150. The quantitative estimate of drug-likeness (QED) is 0.354. The third-order valence-corrected chi connectivity index (χ3v) is 7.10. The molecule has 0 saturated heterocycles. The van der Waals surface area contributed by atoms with E-state index in [4.69, 9.17) is 4.74 Å². The number of carbonyl (C=O) groups excluding carboxylic acids is 1.